The van der Waals surface area contributed by atoms with Crippen LogP contribution in [0.2, 0.25) is 0 Å². The van der Waals surface area contributed by atoms with Gasteiger partial charge in [-0.05, 0) is 53.6 Å². The van der Waals surface area contributed by atoms with E-state index in [-0.39, 0.29) is 18.4 Å². The van der Waals surface area contributed by atoms with E-state index in [0.717, 1.165) is 30.0 Å². The molecule has 3 aromatic carbocycles. The molecule has 1 aliphatic heterocycles. The average molecular weight is 476 g/mol. The minimum atomic E-state index is -0.252. The van der Waals surface area contributed by atoms with Crippen molar-refractivity contribution in [1.82, 2.24) is 4.90 Å². The number of benzene rings is 3. The van der Waals surface area contributed by atoms with Crippen LogP contribution in [0.3, 0.4) is 0 Å². The molecule has 8 heteroatoms. The largest absolute Gasteiger partial charge is 0.497 e. The molecule has 35 heavy (non-hydrogen) atoms. The molecule has 2 amide bonds. The zero-order valence-electron chi connectivity index (χ0n) is 19.9. The van der Waals surface area contributed by atoms with Crippen LogP contribution in [0.4, 0.5) is 11.4 Å². The summed E-state index contributed by atoms with van der Waals surface area (Å²) in [4.78, 5) is 27.4. The van der Waals surface area contributed by atoms with Gasteiger partial charge in [-0.3, -0.25) is 14.5 Å². The molecule has 0 atom stereocenters. The molecule has 182 valence electrons. The van der Waals surface area contributed by atoms with Crippen LogP contribution in [0.15, 0.2) is 66.7 Å². The van der Waals surface area contributed by atoms with Gasteiger partial charge in [0.15, 0.2) is 0 Å². The highest BCUT2D eigenvalue weighted by atomic mass is 16.5. The van der Waals surface area contributed by atoms with Gasteiger partial charge < -0.3 is 24.8 Å². The van der Waals surface area contributed by atoms with Crippen molar-refractivity contribution in [2.45, 2.75) is 0 Å². The van der Waals surface area contributed by atoms with E-state index in [1.165, 1.54) is 7.11 Å². The molecule has 1 saturated heterocycles. The van der Waals surface area contributed by atoms with Crippen LogP contribution in [0.25, 0.3) is 11.1 Å². The lowest BCUT2D eigenvalue weighted by molar-refractivity contribution is -0.118. The highest BCUT2D eigenvalue weighted by Gasteiger charge is 2.16. The summed E-state index contributed by atoms with van der Waals surface area (Å²) in [6, 6.07) is 20.2. The van der Waals surface area contributed by atoms with Crippen LogP contribution in [0, 0.1) is 0 Å². The highest BCUT2D eigenvalue weighted by Crippen LogP contribution is 2.29. The summed E-state index contributed by atoms with van der Waals surface area (Å²) in [6.07, 6.45) is 0. The third-order valence-electron chi connectivity index (χ3n) is 5.75. The highest BCUT2D eigenvalue weighted by molar-refractivity contribution is 6.05. The van der Waals surface area contributed by atoms with Crippen LogP contribution in [0.5, 0.6) is 11.5 Å². The molecule has 2 N–H and O–H groups in total. The van der Waals surface area contributed by atoms with Crippen molar-refractivity contribution in [3.8, 4) is 22.6 Å². The second-order valence-corrected chi connectivity index (χ2v) is 8.12. The minimum Gasteiger partial charge on any atom is -0.497 e. The Morgan fingerprint density at radius 2 is 1.66 bits per heavy atom. The molecule has 8 nitrogen and oxygen atoms in total. The standard InChI is InChI=1S/C27H29N3O5/c1-33-23-5-3-4-21(16-23)19-6-8-20(9-7-19)27(32)28-22-10-11-25(34-2)24(17-22)29-26(31)18-30-12-14-35-15-13-30/h3-11,16-17H,12-15,18H2,1-2H3,(H,28,32)(H,29,31). The number of carbonyl (C=O) groups excluding carboxylic acids is 2. The minimum absolute atomic E-state index is 0.151. The van der Waals surface area contributed by atoms with Crippen molar-refractivity contribution in [3.63, 3.8) is 0 Å². The number of amides is 2. The van der Waals surface area contributed by atoms with Crippen molar-refractivity contribution in [1.29, 1.82) is 0 Å². The van der Waals surface area contributed by atoms with Crippen LogP contribution in [-0.2, 0) is 9.53 Å². The molecule has 0 spiro atoms. The number of rotatable bonds is 8. The van der Waals surface area contributed by atoms with Crippen LogP contribution in [0.1, 0.15) is 10.4 Å². The first-order chi connectivity index (χ1) is 17.1. The molecule has 0 aliphatic carbocycles. The van der Waals surface area contributed by atoms with Crippen LogP contribution < -0.4 is 20.1 Å². The van der Waals surface area contributed by atoms with Crippen LogP contribution >= 0.6 is 0 Å². The molecule has 0 radical (unpaired) electrons. The maximum absolute atomic E-state index is 12.8. The lowest BCUT2D eigenvalue weighted by Crippen LogP contribution is -2.41. The monoisotopic (exact) mass is 475 g/mol. The summed E-state index contributed by atoms with van der Waals surface area (Å²) in [5.74, 6) is 0.886. The summed E-state index contributed by atoms with van der Waals surface area (Å²) in [5.41, 5.74) is 3.55. The molecule has 1 heterocycles. The molecule has 0 bridgehead atoms. The van der Waals surface area contributed by atoms with E-state index < -0.39 is 0 Å². The molecular formula is C27H29N3O5. The molecule has 3 aromatic rings. The Labute approximate surface area is 204 Å². The normalized spacial score (nSPS) is 13.7. The van der Waals surface area contributed by atoms with Gasteiger partial charge in [-0.15, -0.1) is 0 Å². The lowest BCUT2D eigenvalue weighted by Gasteiger charge is -2.26. The summed E-state index contributed by atoms with van der Waals surface area (Å²) in [7, 11) is 3.17. The first-order valence-corrected chi connectivity index (χ1v) is 11.4. The molecule has 0 saturated carbocycles. The number of methoxy groups -OCH3 is 2. The molecule has 1 fully saturated rings. The van der Waals surface area contributed by atoms with Gasteiger partial charge in [-0.25, -0.2) is 0 Å². The zero-order chi connectivity index (χ0) is 24.6. The van der Waals surface area contributed by atoms with E-state index in [2.05, 4.69) is 10.6 Å². The maximum atomic E-state index is 12.8. The number of hydrogen-bond acceptors (Lipinski definition) is 6. The fraction of sp³-hybridized carbons (Fsp3) is 0.259. The molecular weight excluding hydrogens is 446 g/mol. The predicted molar refractivity (Wildman–Crippen MR) is 135 cm³/mol. The number of anilines is 2. The summed E-state index contributed by atoms with van der Waals surface area (Å²) < 4.78 is 16.0. The number of nitrogens with one attached hydrogen (secondary N) is 2. The Bertz CT molecular complexity index is 1170. The van der Waals surface area contributed by atoms with Crippen molar-refractivity contribution >= 4 is 23.2 Å². The number of morpholine rings is 1. The van der Waals surface area contributed by atoms with Crippen molar-refractivity contribution in [3.05, 3.63) is 72.3 Å². The molecule has 0 unspecified atom stereocenters. The molecule has 1 aliphatic rings. The summed E-state index contributed by atoms with van der Waals surface area (Å²) >= 11 is 0. The van der Waals surface area contributed by atoms with Gasteiger partial charge in [0.2, 0.25) is 5.91 Å². The predicted octanol–water partition coefficient (Wildman–Crippen LogP) is 3.89. The topological polar surface area (TPSA) is 89.1 Å². The SMILES string of the molecule is COc1cccc(-c2ccc(C(=O)Nc3ccc(OC)c(NC(=O)CN4CCOCC4)c3)cc2)c1. The van der Waals surface area contributed by atoms with E-state index in [9.17, 15) is 9.59 Å². The third kappa shape index (κ3) is 6.38. The Morgan fingerprint density at radius 3 is 2.37 bits per heavy atom. The van der Waals surface area contributed by atoms with E-state index in [1.807, 2.05) is 41.3 Å². The number of hydrogen-bond donors (Lipinski definition) is 2. The smallest absolute Gasteiger partial charge is 0.255 e. The second-order valence-electron chi connectivity index (χ2n) is 8.12. The average Bonchev–Trinajstić information content (AvgIpc) is 2.89. The molecule has 4 rings (SSSR count). The van der Waals surface area contributed by atoms with Gasteiger partial charge in [0.05, 0.1) is 39.7 Å². The van der Waals surface area contributed by atoms with Crippen molar-refractivity contribution in [2.24, 2.45) is 0 Å². The van der Waals surface area contributed by atoms with Gasteiger partial charge >= 0.3 is 0 Å². The van der Waals surface area contributed by atoms with E-state index in [1.54, 1.807) is 37.4 Å². The Kier molecular flexibility index (Phi) is 7.97. The fourth-order valence-electron chi connectivity index (χ4n) is 3.86. The fourth-order valence-corrected chi connectivity index (χ4v) is 3.86. The number of nitrogens with zero attached hydrogens (tertiary/aromatic N) is 1. The number of carbonyl (C=O) groups is 2. The number of ether oxygens (including phenoxy) is 3. The van der Waals surface area contributed by atoms with E-state index in [4.69, 9.17) is 14.2 Å². The van der Waals surface area contributed by atoms with E-state index in [0.29, 0.717) is 35.9 Å². The maximum Gasteiger partial charge on any atom is 0.255 e. The second kappa shape index (κ2) is 11.5. The van der Waals surface area contributed by atoms with Gasteiger partial charge in [-0.1, -0.05) is 24.3 Å². The van der Waals surface area contributed by atoms with Gasteiger partial charge in [-0.2, -0.15) is 0 Å². The first-order valence-electron chi connectivity index (χ1n) is 11.4. The van der Waals surface area contributed by atoms with Gasteiger partial charge in [0.1, 0.15) is 11.5 Å². The first kappa shape index (κ1) is 24.3. The summed E-state index contributed by atoms with van der Waals surface area (Å²) in [5, 5.41) is 5.78. The Morgan fingerprint density at radius 1 is 0.886 bits per heavy atom. The van der Waals surface area contributed by atoms with Crippen molar-refractivity contribution in [2.75, 3.05) is 57.7 Å². The molecule has 0 aromatic heterocycles. The van der Waals surface area contributed by atoms with Crippen molar-refractivity contribution < 1.29 is 23.8 Å². The Balaban J connectivity index is 1.42. The zero-order valence-corrected chi connectivity index (χ0v) is 19.9. The quantitative estimate of drug-likeness (QED) is 0.514. The van der Waals surface area contributed by atoms with Crippen LogP contribution in [-0.4, -0.2) is 63.8 Å². The third-order valence-corrected chi connectivity index (χ3v) is 5.75. The van der Waals surface area contributed by atoms with Gasteiger partial charge in [0.25, 0.3) is 5.91 Å². The van der Waals surface area contributed by atoms with E-state index >= 15 is 0 Å². The Hall–Kier alpha value is -3.88. The lowest BCUT2D eigenvalue weighted by atomic mass is 10.0. The van der Waals surface area contributed by atoms with Gasteiger partial charge in [0, 0.05) is 24.3 Å². The summed E-state index contributed by atoms with van der Waals surface area (Å²) in [6.45, 7) is 2.95.